The monoisotopic (exact) mass is 727 g/mol. The average molecular weight is 728 g/mol. The fourth-order valence-corrected chi connectivity index (χ4v) is 9.05. The minimum atomic E-state index is -1.65. The molecule has 3 aliphatic carbocycles. The largest absolute Gasteiger partial charge is 0.462 e. The topological polar surface area (TPSA) is 175 Å². The predicted molar refractivity (Wildman–Crippen MR) is 187 cm³/mol. The molecule has 0 radical (unpaired) electrons. The van der Waals surface area contributed by atoms with Crippen molar-refractivity contribution >= 4 is 29.8 Å². The van der Waals surface area contributed by atoms with Crippen molar-refractivity contribution in [1.29, 1.82) is 0 Å². The van der Waals surface area contributed by atoms with Gasteiger partial charge in [-0.15, -0.1) is 0 Å². The van der Waals surface area contributed by atoms with Gasteiger partial charge >= 0.3 is 29.8 Å². The Balaban J connectivity index is 1.93. The Morgan fingerprint density at radius 3 is 1.90 bits per heavy atom. The predicted octanol–water partition coefficient (Wildman–Crippen LogP) is 3.61. The lowest BCUT2D eigenvalue weighted by atomic mass is 9.48. The van der Waals surface area contributed by atoms with Crippen LogP contribution in [0.25, 0.3) is 0 Å². The van der Waals surface area contributed by atoms with E-state index in [0.29, 0.717) is 16.7 Å². The summed E-state index contributed by atoms with van der Waals surface area (Å²) in [4.78, 5) is 66.4. The first-order chi connectivity index (χ1) is 24.1. The first-order valence-corrected chi connectivity index (χ1v) is 17.5. The molecule has 0 aliphatic heterocycles. The highest BCUT2D eigenvalue weighted by Gasteiger charge is 2.67. The molecule has 13 heteroatoms. The maximum atomic E-state index is 13.8. The molecule has 2 bridgehead atoms. The SMILES string of the molecule is C=C1C(OC(=O)C(O)C(c2ccccc2)N(C)C)CC(OC(C)=O)C2(C)C(OC(C)=O)C(OC(C)=O)C3=C(C)C(OC(C)=O)CC(C(O)C12)C3(C)C. The highest BCUT2D eigenvalue weighted by molar-refractivity contribution is 5.76. The number of rotatable bonds is 9. The van der Waals surface area contributed by atoms with E-state index >= 15 is 0 Å². The van der Waals surface area contributed by atoms with Gasteiger partial charge < -0.3 is 33.9 Å². The normalized spacial score (nSPS) is 32.3. The molecule has 11 unspecified atom stereocenters. The van der Waals surface area contributed by atoms with Crippen molar-refractivity contribution < 1.29 is 57.9 Å². The number of nitrogens with zero attached hydrogens (tertiary/aromatic N) is 1. The van der Waals surface area contributed by atoms with E-state index in [2.05, 4.69) is 6.58 Å². The molecule has 286 valence electrons. The van der Waals surface area contributed by atoms with E-state index in [1.807, 2.05) is 19.9 Å². The van der Waals surface area contributed by atoms with Crippen molar-refractivity contribution in [3.05, 3.63) is 59.2 Å². The maximum Gasteiger partial charge on any atom is 0.337 e. The lowest BCUT2D eigenvalue weighted by Crippen LogP contribution is -2.68. The zero-order valence-electron chi connectivity index (χ0n) is 31.7. The molecule has 13 nitrogen and oxygen atoms in total. The van der Waals surface area contributed by atoms with Crippen LogP contribution in [0, 0.1) is 22.7 Å². The van der Waals surface area contributed by atoms with Gasteiger partial charge in [-0.1, -0.05) is 57.7 Å². The van der Waals surface area contributed by atoms with Gasteiger partial charge in [0.15, 0.2) is 18.3 Å². The van der Waals surface area contributed by atoms with Crippen LogP contribution in [0.4, 0.5) is 0 Å². The Morgan fingerprint density at radius 2 is 1.38 bits per heavy atom. The number of ether oxygens (including phenoxy) is 5. The molecule has 2 N–H and O–H groups in total. The maximum absolute atomic E-state index is 13.8. The van der Waals surface area contributed by atoms with Gasteiger partial charge in [0.1, 0.15) is 18.3 Å². The number of hydrogen-bond donors (Lipinski definition) is 2. The number of aliphatic hydroxyl groups is 2. The summed E-state index contributed by atoms with van der Waals surface area (Å²) in [5.41, 5.74) is -0.529. The number of carbonyl (C=O) groups excluding carboxylic acids is 5. The van der Waals surface area contributed by atoms with Crippen LogP contribution >= 0.6 is 0 Å². The summed E-state index contributed by atoms with van der Waals surface area (Å²) in [6.07, 6.45) is -8.87. The van der Waals surface area contributed by atoms with Gasteiger partial charge in [-0.2, -0.15) is 0 Å². The van der Waals surface area contributed by atoms with Crippen LogP contribution in [0.2, 0.25) is 0 Å². The smallest absolute Gasteiger partial charge is 0.337 e. The van der Waals surface area contributed by atoms with Crippen LogP contribution in [-0.4, -0.2) is 102 Å². The third-order valence-corrected chi connectivity index (χ3v) is 11.2. The van der Waals surface area contributed by atoms with Crippen molar-refractivity contribution in [2.45, 2.75) is 117 Å². The van der Waals surface area contributed by atoms with Gasteiger partial charge in [0.2, 0.25) is 0 Å². The van der Waals surface area contributed by atoms with Gasteiger partial charge in [-0.25, -0.2) is 4.79 Å². The Labute approximate surface area is 305 Å². The van der Waals surface area contributed by atoms with Crippen molar-refractivity contribution in [3.63, 3.8) is 0 Å². The number of fused-ring (bicyclic) bond motifs is 3. The number of hydrogen-bond acceptors (Lipinski definition) is 13. The summed E-state index contributed by atoms with van der Waals surface area (Å²) in [6.45, 7) is 16.3. The minimum absolute atomic E-state index is 0.164. The third-order valence-electron chi connectivity index (χ3n) is 11.2. The van der Waals surface area contributed by atoms with E-state index in [9.17, 15) is 34.2 Å². The zero-order valence-corrected chi connectivity index (χ0v) is 31.7. The highest BCUT2D eigenvalue weighted by atomic mass is 16.6. The first-order valence-electron chi connectivity index (χ1n) is 17.5. The molecule has 0 heterocycles. The van der Waals surface area contributed by atoms with E-state index in [-0.39, 0.29) is 18.4 Å². The van der Waals surface area contributed by atoms with Crippen LogP contribution in [0.5, 0.6) is 0 Å². The first kappa shape index (κ1) is 40.7. The molecule has 11 atom stereocenters. The van der Waals surface area contributed by atoms with Gasteiger partial charge in [0.05, 0.1) is 17.6 Å². The van der Waals surface area contributed by atoms with Crippen LogP contribution in [-0.2, 0) is 47.7 Å². The Hall–Kier alpha value is -4.07. The summed E-state index contributed by atoms with van der Waals surface area (Å²) in [6, 6.07) is 8.17. The van der Waals surface area contributed by atoms with E-state index in [0.717, 1.165) is 0 Å². The van der Waals surface area contributed by atoms with E-state index in [4.69, 9.17) is 23.7 Å². The van der Waals surface area contributed by atoms with Crippen molar-refractivity contribution in [1.82, 2.24) is 4.90 Å². The lowest BCUT2D eigenvalue weighted by molar-refractivity contribution is -0.226. The molecule has 0 aromatic heterocycles. The standard InChI is InChI=1S/C39H53NO12/c1-19-28(52-37(47)34(46)32(40(10)11)25-15-13-12-14-16-25)18-29(49-22(4)42)39(9)30(19)33(45)26-17-27(48-21(3)41)20(2)31(38(26,7)8)35(50-23(5)43)36(39)51-24(6)44/h12-16,26-30,32-36,45-46H,1,17-18H2,2-11H3. The van der Waals surface area contributed by atoms with Crippen LogP contribution < -0.4 is 0 Å². The van der Waals surface area contributed by atoms with Crippen LogP contribution in [0.3, 0.4) is 0 Å². The van der Waals surface area contributed by atoms with E-state index in [1.54, 1.807) is 57.1 Å². The molecule has 2 fully saturated rings. The van der Waals surface area contributed by atoms with Crippen LogP contribution in [0.15, 0.2) is 53.6 Å². The molecule has 0 spiro atoms. The van der Waals surface area contributed by atoms with Gasteiger partial charge in [-0.3, -0.25) is 24.1 Å². The number of esters is 5. The Kier molecular flexibility index (Phi) is 12.1. The molecule has 1 aromatic rings. The summed E-state index contributed by atoms with van der Waals surface area (Å²) < 4.78 is 29.8. The van der Waals surface area contributed by atoms with Crippen molar-refractivity contribution in [3.8, 4) is 0 Å². The molecule has 0 saturated heterocycles. The molecule has 52 heavy (non-hydrogen) atoms. The van der Waals surface area contributed by atoms with Gasteiger partial charge in [-0.05, 0) is 61.1 Å². The average Bonchev–Trinajstić information content (AvgIpc) is 3.02. The summed E-state index contributed by atoms with van der Waals surface area (Å²) in [7, 11) is 3.43. The third kappa shape index (κ3) is 7.67. The summed E-state index contributed by atoms with van der Waals surface area (Å²) in [5.74, 6) is -5.48. The number of carbonyl (C=O) groups is 5. The van der Waals surface area contributed by atoms with Crippen LogP contribution in [0.1, 0.15) is 79.8 Å². The van der Waals surface area contributed by atoms with Gasteiger partial charge in [0, 0.05) is 40.0 Å². The number of aliphatic hydroxyl groups excluding tert-OH is 2. The fraction of sp³-hybridized carbons (Fsp3) is 0.615. The zero-order chi connectivity index (χ0) is 39.0. The Morgan fingerprint density at radius 1 is 0.827 bits per heavy atom. The lowest BCUT2D eigenvalue weighted by Gasteiger charge is -2.61. The summed E-state index contributed by atoms with van der Waals surface area (Å²) >= 11 is 0. The second-order valence-electron chi connectivity index (χ2n) is 15.3. The van der Waals surface area contributed by atoms with E-state index in [1.165, 1.54) is 27.7 Å². The quantitative estimate of drug-likeness (QED) is 0.215. The molecule has 4 rings (SSSR count). The molecule has 1 aromatic carbocycles. The minimum Gasteiger partial charge on any atom is -0.462 e. The molecular formula is C39H53NO12. The summed E-state index contributed by atoms with van der Waals surface area (Å²) in [5, 5.41) is 24.0. The second-order valence-corrected chi connectivity index (χ2v) is 15.3. The van der Waals surface area contributed by atoms with Crippen molar-refractivity contribution in [2.75, 3.05) is 14.1 Å². The highest BCUT2D eigenvalue weighted by Crippen LogP contribution is 2.61. The van der Waals surface area contributed by atoms with Crippen molar-refractivity contribution in [2.24, 2.45) is 22.7 Å². The second kappa shape index (κ2) is 15.5. The fourth-order valence-electron chi connectivity index (χ4n) is 9.05. The molecule has 3 aliphatic rings. The molecule has 0 amide bonds. The Bertz CT molecular complexity index is 1600. The van der Waals surface area contributed by atoms with E-state index < -0.39 is 101 Å². The number of likely N-dealkylation sites (N-methyl/N-ethyl adjacent to an activating group) is 1. The molecule has 2 saturated carbocycles. The molecular weight excluding hydrogens is 674 g/mol. The van der Waals surface area contributed by atoms with Gasteiger partial charge in [0.25, 0.3) is 0 Å². The number of benzene rings is 1.